The van der Waals surface area contributed by atoms with Crippen molar-refractivity contribution in [3.8, 4) is 0 Å². The molecular formula is C10H13NS. The zero-order valence-corrected chi connectivity index (χ0v) is 8.24. The molecule has 0 fully saturated rings. The number of hydrogen-bond acceptors (Lipinski definition) is 2. The molecule has 1 aromatic rings. The van der Waals surface area contributed by atoms with Gasteiger partial charge < -0.3 is 5.32 Å². The second kappa shape index (κ2) is 3.02. The van der Waals surface area contributed by atoms with E-state index in [1.807, 2.05) is 11.8 Å². The molecule has 1 nitrogen and oxygen atoms in total. The van der Waals surface area contributed by atoms with Gasteiger partial charge in [0.2, 0.25) is 0 Å². The van der Waals surface area contributed by atoms with Gasteiger partial charge in [-0.25, -0.2) is 0 Å². The van der Waals surface area contributed by atoms with Crippen LogP contribution in [0.5, 0.6) is 0 Å². The highest BCUT2D eigenvalue weighted by molar-refractivity contribution is 7.98. The van der Waals surface area contributed by atoms with Crippen molar-refractivity contribution in [1.29, 1.82) is 0 Å². The lowest BCUT2D eigenvalue weighted by atomic mass is 10.1. The quantitative estimate of drug-likeness (QED) is 0.665. The zero-order valence-electron chi connectivity index (χ0n) is 7.42. The summed E-state index contributed by atoms with van der Waals surface area (Å²) >= 11 is 1.84. The maximum atomic E-state index is 3.46. The van der Waals surface area contributed by atoms with E-state index >= 15 is 0 Å². The fourth-order valence-electron chi connectivity index (χ4n) is 1.73. The van der Waals surface area contributed by atoms with Crippen LogP contribution in [-0.2, 0) is 6.42 Å². The van der Waals surface area contributed by atoms with Crippen LogP contribution in [0.15, 0.2) is 23.1 Å². The van der Waals surface area contributed by atoms with Crippen LogP contribution in [0.4, 0.5) is 5.69 Å². The Hall–Kier alpha value is -0.630. The van der Waals surface area contributed by atoms with Crippen molar-refractivity contribution in [3.05, 3.63) is 23.8 Å². The number of rotatable bonds is 1. The smallest absolute Gasteiger partial charge is 0.0386 e. The normalized spacial score (nSPS) is 20.3. The molecule has 2 rings (SSSR count). The molecule has 0 aromatic heterocycles. The molecular weight excluding hydrogens is 166 g/mol. The molecule has 1 aliphatic rings. The molecule has 0 saturated heterocycles. The molecule has 0 amide bonds. The first kappa shape index (κ1) is 7.99. The molecule has 1 heterocycles. The van der Waals surface area contributed by atoms with Crippen LogP contribution in [0, 0.1) is 0 Å². The molecule has 12 heavy (non-hydrogen) atoms. The minimum Gasteiger partial charge on any atom is -0.382 e. The molecule has 0 unspecified atom stereocenters. The van der Waals surface area contributed by atoms with Crippen LogP contribution in [-0.4, -0.2) is 12.3 Å². The summed E-state index contributed by atoms with van der Waals surface area (Å²) in [6.07, 6.45) is 3.31. The second-order valence-electron chi connectivity index (χ2n) is 3.24. The first-order valence-corrected chi connectivity index (χ1v) is 5.46. The predicted molar refractivity (Wildman–Crippen MR) is 55.0 cm³/mol. The summed E-state index contributed by atoms with van der Waals surface area (Å²) in [6, 6.07) is 7.09. The van der Waals surface area contributed by atoms with Crippen molar-refractivity contribution < 1.29 is 0 Å². The van der Waals surface area contributed by atoms with Gasteiger partial charge in [0.05, 0.1) is 0 Å². The van der Waals surface area contributed by atoms with E-state index in [0.29, 0.717) is 6.04 Å². The molecule has 0 radical (unpaired) electrons. The van der Waals surface area contributed by atoms with Gasteiger partial charge in [0.15, 0.2) is 0 Å². The zero-order chi connectivity index (χ0) is 8.55. The average molecular weight is 179 g/mol. The van der Waals surface area contributed by atoms with Crippen LogP contribution < -0.4 is 5.32 Å². The summed E-state index contributed by atoms with van der Waals surface area (Å²) in [6.45, 7) is 2.23. The number of anilines is 1. The maximum absolute atomic E-state index is 3.46. The first-order chi connectivity index (χ1) is 5.81. The highest BCUT2D eigenvalue weighted by atomic mass is 32.2. The third-order valence-electron chi connectivity index (χ3n) is 2.27. The first-order valence-electron chi connectivity index (χ1n) is 4.23. The second-order valence-corrected chi connectivity index (χ2v) is 4.08. The van der Waals surface area contributed by atoms with Gasteiger partial charge in [-0.3, -0.25) is 0 Å². The molecule has 1 aromatic carbocycles. The number of thioether (sulfide) groups is 1. The van der Waals surface area contributed by atoms with Crippen LogP contribution in [0.2, 0.25) is 0 Å². The van der Waals surface area contributed by atoms with E-state index in [4.69, 9.17) is 0 Å². The van der Waals surface area contributed by atoms with Crippen molar-refractivity contribution in [2.75, 3.05) is 11.6 Å². The summed E-state index contributed by atoms with van der Waals surface area (Å²) in [7, 11) is 0. The lowest BCUT2D eigenvalue weighted by Gasteiger charge is -2.03. The predicted octanol–water partition coefficient (Wildman–Crippen LogP) is 2.77. The molecule has 1 atom stereocenters. The van der Waals surface area contributed by atoms with Gasteiger partial charge in [-0.15, -0.1) is 11.8 Å². The lowest BCUT2D eigenvalue weighted by Crippen LogP contribution is -2.08. The summed E-state index contributed by atoms with van der Waals surface area (Å²) in [5, 5.41) is 3.46. The molecule has 0 spiro atoms. The third kappa shape index (κ3) is 1.20. The van der Waals surface area contributed by atoms with Crippen LogP contribution >= 0.6 is 11.8 Å². The van der Waals surface area contributed by atoms with Crippen molar-refractivity contribution in [2.24, 2.45) is 0 Å². The van der Waals surface area contributed by atoms with E-state index in [1.54, 1.807) is 0 Å². The van der Waals surface area contributed by atoms with Crippen molar-refractivity contribution >= 4 is 17.4 Å². The van der Waals surface area contributed by atoms with Gasteiger partial charge in [-0.1, -0.05) is 6.07 Å². The van der Waals surface area contributed by atoms with Gasteiger partial charge >= 0.3 is 0 Å². The number of nitrogens with one attached hydrogen (secondary N) is 1. The minimum absolute atomic E-state index is 0.605. The summed E-state index contributed by atoms with van der Waals surface area (Å²) in [5.74, 6) is 0. The van der Waals surface area contributed by atoms with Crippen LogP contribution in [0.3, 0.4) is 0 Å². The van der Waals surface area contributed by atoms with Crippen molar-refractivity contribution in [2.45, 2.75) is 24.3 Å². The van der Waals surface area contributed by atoms with Crippen molar-refractivity contribution in [1.82, 2.24) is 0 Å². The molecule has 1 aliphatic heterocycles. The van der Waals surface area contributed by atoms with Gasteiger partial charge in [-0.05, 0) is 37.3 Å². The Kier molecular flexibility index (Phi) is 2.01. The van der Waals surface area contributed by atoms with Crippen LogP contribution in [0.1, 0.15) is 12.5 Å². The molecule has 2 heteroatoms. The summed E-state index contributed by atoms with van der Waals surface area (Å²) < 4.78 is 0. The largest absolute Gasteiger partial charge is 0.382 e. The fourth-order valence-corrected chi connectivity index (χ4v) is 2.38. The number of fused-ring (bicyclic) bond motifs is 1. The fraction of sp³-hybridized carbons (Fsp3) is 0.400. The van der Waals surface area contributed by atoms with E-state index in [9.17, 15) is 0 Å². The summed E-state index contributed by atoms with van der Waals surface area (Å²) in [4.78, 5) is 1.42. The molecule has 64 valence electrons. The minimum atomic E-state index is 0.605. The van der Waals surface area contributed by atoms with Crippen LogP contribution in [0.25, 0.3) is 0 Å². The van der Waals surface area contributed by atoms with Gasteiger partial charge in [0.1, 0.15) is 0 Å². The standard InChI is InChI=1S/C10H13NS/c1-7-6-8-9(11-7)4-3-5-10(8)12-2/h3-5,7,11H,6H2,1-2H3/t7-/m0/s1. The Balaban J connectivity index is 2.44. The Morgan fingerprint density at radius 1 is 1.50 bits per heavy atom. The Morgan fingerprint density at radius 3 is 3.08 bits per heavy atom. The van der Waals surface area contributed by atoms with E-state index in [2.05, 4.69) is 36.7 Å². The number of benzene rings is 1. The molecule has 0 saturated carbocycles. The maximum Gasteiger partial charge on any atom is 0.0386 e. The Labute approximate surface area is 77.6 Å². The Morgan fingerprint density at radius 2 is 2.33 bits per heavy atom. The topological polar surface area (TPSA) is 12.0 Å². The van der Waals surface area contributed by atoms with Gasteiger partial charge in [-0.2, -0.15) is 0 Å². The van der Waals surface area contributed by atoms with Gasteiger partial charge in [0, 0.05) is 16.6 Å². The highest BCUT2D eigenvalue weighted by Gasteiger charge is 2.18. The molecule has 0 aliphatic carbocycles. The molecule has 0 bridgehead atoms. The van der Waals surface area contributed by atoms with E-state index < -0.39 is 0 Å². The van der Waals surface area contributed by atoms with E-state index in [-0.39, 0.29) is 0 Å². The monoisotopic (exact) mass is 179 g/mol. The summed E-state index contributed by atoms with van der Waals surface area (Å²) in [5.41, 5.74) is 2.83. The van der Waals surface area contributed by atoms with E-state index in [0.717, 1.165) is 0 Å². The Bertz CT molecular complexity index is 296. The van der Waals surface area contributed by atoms with E-state index in [1.165, 1.54) is 22.6 Å². The number of hydrogen-bond donors (Lipinski definition) is 1. The van der Waals surface area contributed by atoms with Gasteiger partial charge in [0.25, 0.3) is 0 Å². The molecule has 1 N–H and O–H groups in total. The third-order valence-corrected chi connectivity index (χ3v) is 3.09. The lowest BCUT2D eigenvalue weighted by molar-refractivity contribution is 0.831. The average Bonchev–Trinajstić information content (AvgIpc) is 2.44. The highest BCUT2D eigenvalue weighted by Crippen LogP contribution is 2.33. The SMILES string of the molecule is CSc1cccc2c1C[C@H](C)N2. The van der Waals surface area contributed by atoms with Crippen molar-refractivity contribution in [3.63, 3.8) is 0 Å².